The van der Waals surface area contributed by atoms with Crippen LogP contribution in [0.3, 0.4) is 0 Å². The molecule has 0 bridgehead atoms. The fraction of sp³-hybridized carbons (Fsp3) is 0.286. The lowest BCUT2D eigenvalue weighted by Crippen LogP contribution is -2.18. The van der Waals surface area contributed by atoms with Crippen molar-refractivity contribution >= 4 is 11.3 Å². The van der Waals surface area contributed by atoms with Crippen molar-refractivity contribution in [1.82, 2.24) is 5.32 Å². The maximum absolute atomic E-state index is 14.1. The first kappa shape index (κ1) is 13.1. The number of nitrogens with one attached hydrogen (secondary N) is 1. The van der Waals surface area contributed by atoms with Crippen LogP contribution < -0.4 is 10.1 Å². The Morgan fingerprint density at radius 3 is 2.83 bits per heavy atom. The van der Waals surface area contributed by atoms with Crippen LogP contribution in [0.2, 0.25) is 0 Å². The molecule has 0 aliphatic rings. The molecule has 0 spiro atoms. The van der Waals surface area contributed by atoms with Crippen molar-refractivity contribution in [3.05, 3.63) is 52.0 Å². The Kier molecular flexibility index (Phi) is 4.33. The van der Waals surface area contributed by atoms with E-state index in [4.69, 9.17) is 4.74 Å². The Balaban J connectivity index is 2.22. The molecule has 1 atom stereocenters. The average molecular weight is 265 g/mol. The van der Waals surface area contributed by atoms with E-state index in [1.807, 2.05) is 18.5 Å². The summed E-state index contributed by atoms with van der Waals surface area (Å²) in [6.07, 6.45) is 0.607. The molecule has 96 valence electrons. The van der Waals surface area contributed by atoms with Crippen molar-refractivity contribution in [3.63, 3.8) is 0 Å². The summed E-state index contributed by atoms with van der Waals surface area (Å²) in [6, 6.07) is 7.44. The summed E-state index contributed by atoms with van der Waals surface area (Å²) in [5.74, 6) is 0.0307. The van der Waals surface area contributed by atoms with Crippen molar-refractivity contribution in [2.45, 2.75) is 12.5 Å². The largest absolute Gasteiger partial charge is 0.494 e. The normalized spacial score (nSPS) is 12.4. The molecule has 0 amide bonds. The van der Waals surface area contributed by atoms with Crippen LogP contribution in [0.25, 0.3) is 0 Å². The zero-order valence-electron chi connectivity index (χ0n) is 10.4. The van der Waals surface area contributed by atoms with E-state index in [1.54, 1.807) is 23.5 Å². The molecule has 0 fully saturated rings. The van der Waals surface area contributed by atoms with Gasteiger partial charge in [-0.25, -0.2) is 4.39 Å². The van der Waals surface area contributed by atoms with Gasteiger partial charge in [-0.2, -0.15) is 11.3 Å². The highest BCUT2D eigenvalue weighted by molar-refractivity contribution is 7.07. The van der Waals surface area contributed by atoms with Crippen LogP contribution in [0.15, 0.2) is 35.0 Å². The van der Waals surface area contributed by atoms with Gasteiger partial charge in [-0.3, -0.25) is 0 Å². The molecule has 1 aromatic heterocycles. The smallest absolute Gasteiger partial charge is 0.168 e. The fourth-order valence-electron chi connectivity index (χ4n) is 1.95. The number of benzene rings is 1. The van der Waals surface area contributed by atoms with E-state index >= 15 is 0 Å². The minimum atomic E-state index is -0.268. The summed E-state index contributed by atoms with van der Waals surface area (Å²) in [6.45, 7) is 0. The van der Waals surface area contributed by atoms with Crippen LogP contribution in [0.4, 0.5) is 4.39 Å². The van der Waals surface area contributed by atoms with E-state index in [0.717, 1.165) is 0 Å². The summed E-state index contributed by atoms with van der Waals surface area (Å²) < 4.78 is 19.1. The third kappa shape index (κ3) is 2.71. The lowest BCUT2D eigenvalue weighted by Gasteiger charge is -2.16. The molecule has 2 nitrogen and oxygen atoms in total. The Morgan fingerprint density at radius 2 is 2.22 bits per heavy atom. The first-order valence-electron chi connectivity index (χ1n) is 5.77. The van der Waals surface area contributed by atoms with E-state index in [0.29, 0.717) is 17.7 Å². The molecule has 1 aromatic carbocycles. The molecule has 2 aromatic rings. The van der Waals surface area contributed by atoms with Crippen LogP contribution in [0.5, 0.6) is 5.75 Å². The van der Waals surface area contributed by atoms with Gasteiger partial charge in [0.05, 0.1) is 7.11 Å². The van der Waals surface area contributed by atoms with Crippen molar-refractivity contribution < 1.29 is 9.13 Å². The Morgan fingerprint density at radius 1 is 1.39 bits per heavy atom. The second-order valence-electron chi connectivity index (χ2n) is 4.04. The van der Waals surface area contributed by atoms with Gasteiger partial charge in [-0.1, -0.05) is 12.1 Å². The predicted molar refractivity (Wildman–Crippen MR) is 72.8 cm³/mol. The Hall–Kier alpha value is -1.39. The highest BCUT2D eigenvalue weighted by Crippen LogP contribution is 2.25. The summed E-state index contributed by atoms with van der Waals surface area (Å²) in [4.78, 5) is 0. The number of hydrogen-bond donors (Lipinski definition) is 1. The third-order valence-corrected chi connectivity index (χ3v) is 3.68. The molecule has 18 heavy (non-hydrogen) atoms. The molecule has 1 unspecified atom stereocenters. The standard InChI is InChI=1S/C14H16FNOS/c1-16-12(11-6-7-18-9-11)8-10-4-3-5-13(17-2)14(10)15/h3-7,9,12,16H,8H2,1-2H3. The maximum atomic E-state index is 14.1. The number of ether oxygens (including phenoxy) is 1. The van der Waals surface area contributed by atoms with E-state index in [9.17, 15) is 4.39 Å². The fourth-order valence-corrected chi connectivity index (χ4v) is 2.67. The summed E-state index contributed by atoms with van der Waals surface area (Å²) in [7, 11) is 3.37. The first-order valence-corrected chi connectivity index (χ1v) is 6.71. The van der Waals surface area contributed by atoms with E-state index in [-0.39, 0.29) is 11.9 Å². The van der Waals surface area contributed by atoms with Crippen molar-refractivity contribution in [2.24, 2.45) is 0 Å². The number of thiophene rings is 1. The molecular weight excluding hydrogens is 249 g/mol. The van der Waals surface area contributed by atoms with E-state index < -0.39 is 0 Å². The minimum Gasteiger partial charge on any atom is -0.494 e. The van der Waals surface area contributed by atoms with Gasteiger partial charge < -0.3 is 10.1 Å². The predicted octanol–water partition coefficient (Wildman–Crippen LogP) is 3.40. The van der Waals surface area contributed by atoms with Crippen LogP contribution in [-0.4, -0.2) is 14.2 Å². The molecule has 0 saturated heterocycles. The zero-order valence-corrected chi connectivity index (χ0v) is 11.3. The lowest BCUT2D eigenvalue weighted by molar-refractivity contribution is 0.383. The van der Waals surface area contributed by atoms with Crippen LogP contribution in [0.1, 0.15) is 17.2 Å². The van der Waals surface area contributed by atoms with Gasteiger partial charge in [0.1, 0.15) is 0 Å². The molecule has 2 rings (SSSR count). The molecule has 0 aliphatic carbocycles. The van der Waals surface area contributed by atoms with Crippen LogP contribution in [-0.2, 0) is 6.42 Å². The Labute approximate surface area is 110 Å². The zero-order chi connectivity index (χ0) is 13.0. The molecule has 1 heterocycles. The van der Waals surface area contributed by atoms with Crippen molar-refractivity contribution in [3.8, 4) is 5.75 Å². The van der Waals surface area contributed by atoms with Gasteiger partial charge in [0.15, 0.2) is 11.6 Å². The molecule has 1 N–H and O–H groups in total. The number of rotatable bonds is 5. The summed E-state index contributed by atoms with van der Waals surface area (Å²) in [5, 5.41) is 7.33. The molecule has 4 heteroatoms. The highest BCUT2D eigenvalue weighted by atomic mass is 32.1. The third-order valence-electron chi connectivity index (χ3n) is 2.98. The summed E-state index contributed by atoms with van der Waals surface area (Å²) >= 11 is 1.65. The number of methoxy groups -OCH3 is 1. The monoisotopic (exact) mass is 265 g/mol. The quantitative estimate of drug-likeness (QED) is 0.894. The first-order chi connectivity index (χ1) is 8.76. The topological polar surface area (TPSA) is 21.3 Å². The molecule has 0 aliphatic heterocycles. The average Bonchev–Trinajstić information content (AvgIpc) is 2.91. The number of halogens is 1. The second kappa shape index (κ2) is 5.98. The van der Waals surface area contributed by atoms with Gasteiger partial charge in [0.25, 0.3) is 0 Å². The molecular formula is C14H16FNOS. The lowest BCUT2D eigenvalue weighted by atomic mass is 10.0. The van der Waals surface area contributed by atoms with Crippen molar-refractivity contribution in [2.75, 3.05) is 14.2 Å². The number of likely N-dealkylation sites (N-methyl/N-ethyl adjacent to an activating group) is 1. The van der Waals surface area contributed by atoms with E-state index in [2.05, 4.69) is 16.8 Å². The van der Waals surface area contributed by atoms with Gasteiger partial charge in [0.2, 0.25) is 0 Å². The van der Waals surface area contributed by atoms with E-state index in [1.165, 1.54) is 12.7 Å². The SMILES string of the molecule is CNC(Cc1cccc(OC)c1F)c1ccsc1. The number of hydrogen-bond acceptors (Lipinski definition) is 3. The van der Waals surface area contributed by atoms with Crippen LogP contribution in [0, 0.1) is 5.82 Å². The van der Waals surface area contributed by atoms with Crippen LogP contribution >= 0.6 is 11.3 Å². The van der Waals surface area contributed by atoms with Gasteiger partial charge >= 0.3 is 0 Å². The van der Waals surface area contributed by atoms with Gasteiger partial charge in [-0.05, 0) is 47.5 Å². The molecule has 0 saturated carbocycles. The van der Waals surface area contributed by atoms with Crippen molar-refractivity contribution in [1.29, 1.82) is 0 Å². The highest BCUT2D eigenvalue weighted by Gasteiger charge is 2.15. The van der Waals surface area contributed by atoms with Gasteiger partial charge in [0, 0.05) is 6.04 Å². The Bertz CT molecular complexity index is 499. The summed E-state index contributed by atoms with van der Waals surface area (Å²) in [5.41, 5.74) is 1.85. The molecule has 0 radical (unpaired) electrons. The minimum absolute atomic E-state index is 0.123. The second-order valence-corrected chi connectivity index (χ2v) is 4.82. The van der Waals surface area contributed by atoms with Gasteiger partial charge in [-0.15, -0.1) is 0 Å². The maximum Gasteiger partial charge on any atom is 0.168 e.